The number of ether oxygens (including phenoxy) is 1. The highest BCUT2D eigenvalue weighted by Crippen LogP contribution is 2.32. The molecule has 0 saturated heterocycles. The number of carbonyl (C=O) groups is 2. The van der Waals surface area contributed by atoms with Gasteiger partial charge in [0.15, 0.2) is 6.61 Å². The van der Waals surface area contributed by atoms with E-state index in [1.807, 2.05) is 6.92 Å². The predicted octanol–water partition coefficient (Wildman–Crippen LogP) is 2.11. The molecule has 1 aromatic carbocycles. The molecule has 1 aliphatic carbocycles. The normalized spacial score (nSPS) is 19.1. The Labute approximate surface area is 173 Å². The van der Waals surface area contributed by atoms with E-state index in [1.165, 1.54) is 6.07 Å². The summed E-state index contributed by atoms with van der Waals surface area (Å²) in [6.07, 6.45) is 2.65. The van der Waals surface area contributed by atoms with E-state index in [0.717, 1.165) is 23.8 Å². The fourth-order valence-corrected chi connectivity index (χ4v) is 3.83. The lowest BCUT2D eigenvalue weighted by molar-refractivity contribution is -0.312. The van der Waals surface area contributed by atoms with Gasteiger partial charge in [-0.3, -0.25) is 4.79 Å². The van der Waals surface area contributed by atoms with Crippen LogP contribution in [0.3, 0.4) is 0 Å². The minimum atomic E-state index is -0.991. The van der Waals surface area contributed by atoms with Crippen LogP contribution in [0.2, 0.25) is 5.02 Å². The fraction of sp³-hybridized carbons (Fsp3) is 0.476. The van der Waals surface area contributed by atoms with Crippen molar-refractivity contribution in [3.63, 3.8) is 0 Å². The number of hydrogen-bond acceptors (Lipinski definition) is 6. The average Bonchev–Trinajstić information content (AvgIpc) is 2.70. The van der Waals surface area contributed by atoms with Gasteiger partial charge in [-0.25, -0.2) is 4.79 Å². The van der Waals surface area contributed by atoms with Crippen molar-refractivity contribution in [3.05, 3.63) is 38.7 Å². The SMILES string of the molecule is Cc1c(C)c2cc(Cl)c(OCC(=O)NCC3CCC(C(=O)[O-])CC3)cc2oc1=O. The molecule has 0 bridgehead atoms. The molecule has 3 rings (SSSR count). The van der Waals surface area contributed by atoms with E-state index in [4.69, 9.17) is 20.8 Å². The van der Waals surface area contributed by atoms with Crippen molar-refractivity contribution in [3.8, 4) is 5.75 Å². The summed E-state index contributed by atoms with van der Waals surface area (Å²) in [5.41, 5.74) is 1.24. The van der Waals surface area contributed by atoms with E-state index >= 15 is 0 Å². The van der Waals surface area contributed by atoms with Crippen LogP contribution in [0, 0.1) is 25.7 Å². The van der Waals surface area contributed by atoms with Crippen molar-refractivity contribution in [1.29, 1.82) is 0 Å². The van der Waals surface area contributed by atoms with Gasteiger partial charge in [-0.05, 0) is 63.0 Å². The molecule has 1 amide bonds. The van der Waals surface area contributed by atoms with Crippen LogP contribution in [-0.2, 0) is 9.59 Å². The van der Waals surface area contributed by atoms with Crippen LogP contribution in [0.15, 0.2) is 21.3 Å². The van der Waals surface area contributed by atoms with Gasteiger partial charge >= 0.3 is 5.63 Å². The molecular weight excluding hydrogens is 398 g/mol. The fourth-order valence-electron chi connectivity index (χ4n) is 3.61. The number of fused-ring (bicyclic) bond motifs is 1. The zero-order valence-corrected chi connectivity index (χ0v) is 17.1. The highest BCUT2D eigenvalue weighted by Gasteiger charge is 2.22. The molecule has 0 atom stereocenters. The minimum absolute atomic E-state index is 0.227. The lowest BCUT2D eigenvalue weighted by Crippen LogP contribution is -2.37. The number of hydrogen-bond donors (Lipinski definition) is 1. The molecule has 8 heteroatoms. The maximum absolute atomic E-state index is 12.1. The summed E-state index contributed by atoms with van der Waals surface area (Å²) in [7, 11) is 0. The lowest BCUT2D eigenvalue weighted by Gasteiger charge is -2.29. The first-order valence-corrected chi connectivity index (χ1v) is 9.98. The van der Waals surface area contributed by atoms with Gasteiger partial charge in [0.2, 0.25) is 0 Å². The van der Waals surface area contributed by atoms with E-state index in [0.29, 0.717) is 35.6 Å². The zero-order valence-electron chi connectivity index (χ0n) is 16.4. The van der Waals surface area contributed by atoms with Gasteiger partial charge in [-0.15, -0.1) is 0 Å². The van der Waals surface area contributed by atoms with Crippen molar-refractivity contribution in [1.82, 2.24) is 5.32 Å². The number of carboxylic acid groups (broad SMARTS) is 1. The molecule has 1 aromatic heterocycles. The highest BCUT2D eigenvalue weighted by atomic mass is 35.5. The molecule has 0 aliphatic heterocycles. The van der Waals surface area contributed by atoms with Gasteiger partial charge in [-0.1, -0.05) is 11.6 Å². The summed E-state index contributed by atoms with van der Waals surface area (Å²) >= 11 is 6.26. The van der Waals surface area contributed by atoms with Crippen LogP contribution >= 0.6 is 11.6 Å². The van der Waals surface area contributed by atoms with Gasteiger partial charge in [0, 0.05) is 29.5 Å². The summed E-state index contributed by atoms with van der Waals surface area (Å²) in [6, 6.07) is 3.17. The first-order valence-electron chi connectivity index (χ1n) is 9.60. The molecule has 29 heavy (non-hydrogen) atoms. The van der Waals surface area contributed by atoms with Gasteiger partial charge in [0.05, 0.1) is 5.02 Å². The van der Waals surface area contributed by atoms with Crippen LogP contribution < -0.4 is 20.8 Å². The smallest absolute Gasteiger partial charge is 0.339 e. The van der Waals surface area contributed by atoms with E-state index in [9.17, 15) is 19.5 Å². The Bertz CT molecular complexity index is 991. The third-order valence-electron chi connectivity index (χ3n) is 5.64. The first kappa shape index (κ1) is 21.2. The summed E-state index contributed by atoms with van der Waals surface area (Å²) in [5, 5.41) is 14.7. The maximum Gasteiger partial charge on any atom is 0.339 e. The molecule has 156 valence electrons. The Kier molecular flexibility index (Phi) is 6.47. The standard InChI is InChI=1S/C21H24ClNO6/c1-11-12(2)21(27)29-17-8-18(16(22)7-15(11)17)28-10-19(24)23-9-13-3-5-14(6-4-13)20(25)26/h7-8,13-14H,3-6,9-10H2,1-2H3,(H,23,24)(H,25,26)/p-1. The molecule has 0 unspecified atom stereocenters. The molecule has 0 spiro atoms. The van der Waals surface area contributed by atoms with Crippen molar-refractivity contribution < 1.29 is 23.8 Å². The maximum atomic E-state index is 12.1. The third-order valence-corrected chi connectivity index (χ3v) is 5.93. The second-order valence-electron chi connectivity index (χ2n) is 7.55. The van der Waals surface area contributed by atoms with E-state index in [-0.39, 0.29) is 30.1 Å². The Morgan fingerprint density at radius 1 is 1.21 bits per heavy atom. The molecule has 1 fully saturated rings. The zero-order chi connectivity index (χ0) is 21.1. The number of benzene rings is 1. The summed E-state index contributed by atoms with van der Waals surface area (Å²) in [4.78, 5) is 34.8. The predicted molar refractivity (Wildman–Crippen MR) is 106 cm³/mol. The first-order chi connectivity index (χ1) is 13.8. The molecule has 7 nitrogen and oxygen atoms in total. The number of aryl methyl sites for hydroxylation is 1. The number of nitrogens with one attached hydrogen (secondary N) is 1. The van der Waals surface area contributed by atoms with Crippen LogP contribution in [0.4, 0.5) is 0 Å². The molecule has 2 aromatic rings. The molecular formula is C21H23ClNO6-. The van der Waals surface area contributed by atoms with Gasteiger partial charge in [0.1, 0.15) is 11.3 Å². The summed E-state index contributed by atoms with van der Waals surface area (Å²) < 4.78 is 10.8. The van der Waals surface area contributed by atoms with E-state index in [2.05, 4.69) is 5.32 Å². The van der Waals surface area contributed by atoms with Gasteiger partial charge < -0.3 is 24.4 Å². The molecule has 1 aliphatic rings. The molecule has 0 radical (unpaired) electrons. The van der Waals surface area contributed by atoms with Crippen molar-refractivity contribution in [2.45, 2.75) is 39.5 Å². The second kappa shape index (κ2) is 8.86. The monoisotopic (exact) mass is 420 g/mol. The number of carbonyl (C=O) groups excluding carboxylic acids is 2. The number of carboxylic acids is 1. The van der Waals surface area contributed by atoms with E-state index < -0.39 is 11.6 Å². The Hall–Kier alpha value is -2.54. The Morgan fingerprint density at radius 3 is 2.55 bits per heavy atom. The number of halogens is 1. The van der Waals surface area contributed by atoms with Gasteiger partial charge in [-0.2, -0.15) is 0 Å². The molecule has 1 heterocycles. The number of aliphatic carboxylic acids is 1. The van der Waals surface area contributed by atoms with Crippen LogP contribution in [0.5, 0.6) is 5.75 Å². The van der Waals surface area contributed by atoms with E-state index in [1.54, 1.807) is 13.0 Å². The average molecular weight is 421 g/mol. The quantitative estimate of drug-likeness (QED) is 0.717. The Balaban J connectivity index is 1.56. The van der Waals surface area contributed by atoms with Crippen LogP contribution in [0.1, 0.15) is 36.8 Å². The van der Waals surface area contributed by atoms with Gasteiger partial charge in [0.25, 0.3) is 5.91 Å². The largest absolute Gasteiger partial charge is 0.550 e. The van der Waals surface area contributed by atoms with Crippen molar-refractivity contribution in [2.75, 3.05) is 13.2 Å². The highest BCUT2D eigenvalue weighted by molar-refractivity contribution is 6.32. The second-order valence-corrected chi connectivity index (χ2v) is 7.95. The topological polar surface area (TPSA) is 109 Å². The summed E-state index contributed by atoms with van der Waals surface area (Å²) in [6.45, 7) is 3.75. The third kappa shape index (κ3) is 4.90. The van der Waals surface area contributed by atoms with Crippen molar-refractivity contribution >= 4 is 34.4 Å². The number of rotatable bonds is 6. The summed E-state index contributed by atoms with van der Waals surface area (Å²) in [5.74, 6) is -1.17. The minimum Gasteiger partial charge on any atom is -0.550 e. The molecule has 1 N–H and O–H groups in total. The molecule has 1 saturated carbocycles. The van der Waals surface area contributed by atoms with Crippen molar-refractivity contribution in [2.24, 2.45) is 11.8 Å². The van der Waals surface area contributed by atoms with Crippen LogP contribution in [-0.4, -0.2) is 25.0 Å². The lowest BCUT2D eigenvalue weighted by atomic mass is 9.82. The Morgan fingerprint density at radius 2 is 1.90 bits per heavy atom. The number of amides is 1. The van der Waals surface area contributed by atoms with Crippen LogP contribution in [0.25, 0.3) is 11.0 Å².